The number of carbonyl (C=O) groups is 2. The van der Waals surface area contributed by atoms with E-state index in [1.807, 2.05) is 97.1 Å². The van der Waals surface area contributed by atoms with Gasteiger partial charge < -0.3 is 9.47 Å². The Labute approximate surface area is 177 Å². The van der Waals surface area contributed by atoms with E-state index in [1.54, 1.807) is 0 Å². The molecular weight excluding hydrogens is 376 g/mol. The lowest BCUT2D eigenvalue weighted by atomic mass is 10.2. The number of esters is 2. The van der Waals surface area contributed by atoms with E-state index in [4.69, 9.17) is 9.47 Å². The average Bonchev–Trinajstić information content (AvgIpc) is 2.82. The molecule has 0 heterocycles. The Morgan fingerprint density at radius 1 is 0.633 bits per heavy atom. The number of carbonyl (C=O) groups excluding carboxylic acids is 2. The molecule has 0 radical (unpaired) electrons. The normalized spacial score (nSPS) is 9.87. The Kier molecular flexibility index (Phi) is 9.91. The molecule has 0 saturated carbocycles. The van der Waals surface area contributed by atoms with Crippen LogP contribution in [0.25, 0.3) is 6.08 Å². The third-order valence-electron chi connectivity index (χ3n) is 3.84. The summed E-state index contributed by atoms with van der Waals surface area (Å²) < 4.78 is 10.0. The SMILES string of the molecule is C=Cc1ccccc1.O=C(C=CC(=O)OCc1ccccc1)OCc1ccccc1. The molecule has 4 nitrogen and oxygen atoms in total. The molecule has 0 unspecified atom stereocenters. The molecular formula is C26H24O4. The lowest BCUT2D eigenvalue weighted by Crippen LogP contribution is -2.04. The van der Waals surface area contributed by atoms with E-state index in [9.17, 15) is 9.59 Å². The first-order valence-corrected chi connectivity index (χ1v) is 9.44. The predicted octanol–water partition coefficient (Wildman–Crippen LogP) is 5.36. The molecule has 0 aromatic heterocycles. The molecule has 0 N–H and O–H groups in total. The summed E-state index contributed by atoms with van der Waals surface area (Å²) in [5, 5.41) is 0. The number of hydrogen-bond acceptors (Lipinski definition) is 4. The third kappa shape index (κ3) is 9.33. The second-order valence-corrected chi connectivity index (χ2v) is 6.13. The standard InChI is InChI=1S/C18H16O4.C8H8/c19-17(21-13-15-7-3-1-4-8-15)11-12-18(20)22-14-16-9-5-2-6-10-16;1-2-8-6-4-3-5-7-8/h1-12H,13-14H2;2-7H,1H2. The zero-order chi connectivity index (χ0) is 21.4. The third-order valence-corrected chi connectivity index (χ3v) is 3.84. The van der Waals surface area contributed by atoms with Crippen LogP contribution in [-0.4, -0.2) is 11.9 Å². The fourth-order valence-corrected chi connectivity index (χ4v) is 2.28. The molecule has 3 aromatic rings. The number of ether oxygens (including phenoxy) is 2. The first kappa shape index (κ1) is 22.4. The molecule has 0 aliphatic carbocycles. The van der Waals surface area contributed by atoms with Crippen molar-refractivity contribution < 1.29 is 19.1 Å². The van der Waals surface area contributed by atoms with E-state index < -0.39 is 11.9 Å². The van der Waals surface area contributed by atoms with Crippen LogP contribution in [0.4, 0.5) is 0 Å². The number of rotatable bonds is 7. The molecule has 30 heavy (non-hydrogen) atoms. The minimum Gasteiger partial charge on any atom is -0.458 e. The molecule has 0 spiro atoms. The number of hydrogen-bond donors (Lipinski definition) is 0. The molecule has 0 atom stereocenters. The first-order valence-electron chi connectivity index (χ1n) is 9.44. The first-order chi connectivity index (χ1) is 14.7. The Morgan fingerprint density at radius 2 is 1.00 bits per heavy atom. The fourth-order valence-electron chi connectivity index (χ4n) is 2.28. The molecule has 3 aromatic carbocycles. The van der Waals surface area contributed by atoms with Crippen molar-refractivity contribution >= 4 is 18.0 Å². The van der Waals surface area contributed by atoms with Crippen molar-refractivity contribution in [3.63, 3.8) is 0 Å². The van der Waals surface area contributed by atoms with Crippen LogP contribution in [0.15, 0.2) is 110 Å². The van der Waals surface area contributed by atoms with Gasteiger partial charge in [0, 0.05) is 12.2 Å². The van der Waals surface area contributed by atoms with Crippen LogP contribution in [0, 0.1) is 0 Å². The van der Waals surface area contributed by atoms with E-state index in [2.05, 4.69) is 6.58 Å². The maximum absolute atomic E-state index is 11.5. The lowest BCUT2D eigenvalue weighted by Gasteiger charge is -2.02. The van der Waals surface area contributed by atoms with Crippen LogP contribution in [0.3, 0.4) is 0 Å². The number of benzene rings is 3. The highest BCUT2D eigenvalue weighted by Gasteiger charge is 2.02. The van der Waals surface area contributed by atoms with Crippen LogP contribution in [-0.2, 0) is 32.3 Å². The molecule has 0 fully saturated rings. The minimum absolute atomic E-state index is 0.170. The van der Waals surface area contributed by atoms with E-state index >= 15 is 0 Å². The monoisotopic (exact) mass is 400 g/mol. The molecule has 4 heteroatoms. The van der Waals surface area contributed by atoms with Crippen molar-refractivity contribution in [1.29, 1.82) is 0 Å². The highest BCUT2D eigenvalue weighted by molar-refractivity contribution is 5.91. The molecule has 0 bridgehead atoms. The van der Waals surface area contributed by atoms with Crippen LogP contribution in [0.2, 0.25) is 0 Å². The Hall–Kier alpha value is -3.92. The van der Waals surface area contributed by atoms with E-state index in [0.29, 0.717) is 0 Å². The summed E-state index contributed by atoms with van der Waals surface area (Å²) in [5.74, 6) is -1.17. The van der Waals surface area contributed by atoms with Gasteiger partial charge in [0.05, 0.1) is 0 Å². The summed E-state index contributed by atoms with van der Waals surface area (Å²) in [6.07, 6.45) is 3.96. The van der Waals surface area contributed by atoms with Crippen molar-refractivity contribution in [2.24, 2.45) is 0 Å². The average molecular weight is 400 g/mol. The van der Waals surface area contributed by atoms with Crippen LogP contribution < -0.4 is 0 Å². The highest BCUT2D eigenvalue weighted by atomic mass is 16.5. The summed E-state index contributed by atoms with van der Waals surface area (Å²) >= 11 is 0. The van der Waals surface area contributed by atoms with Crippen LogP contribution in [0.5, 0.6) is 0 Å². The van der Waals surface area contributed by atoms with Crippen LogP contribution in [0.1, 0.15) is 16.7 Å². The Morgan fingerprint density at radius 3 is 1.33 bits per heavy atom. The van der Waals surface area contributed by atoms with Crippen molar-refractivity contribution in [3.8, 4) is 0 Å². The van der Waals surface area contributed by atoms with Gasteiger partial charge in [-0.05, 0) is 16.7 Å². The van der Waals surface area contributed by atoms with Gasteiger partial charge in [-0.15, -0.1) is 0 Å². The van der Waals surface area contributed by atoms with Crippen molar-refractivity contribution in [2.45, 2.75) is 13.2 Å². The quantitative estimate of drug-likeness (QED) is 0.396. The largest absolute Gasteiger partial charge is 0.458 e. The molecule has 0 saturated heterocycles. The second kappa shape index (κ2) is 13.3. The molecule has 0 aliphatic rings. The van der Waals surface area contributed by atoms with E-state index in [-0.39, 0.29) is 13.2 Å². The van der Waals surface area contributed by atoms with Gasteiger partial charge >= 0.3 is 11.9 Å². The van der Waals surface area contributed by atoms with Crippen molar-refractivity contribution in [1.82, 2.24) is 0 Å². The van der Waals surface area contributed by atoms with Gasteiger partial charge in [0.1, 0.15) is 13.2 Å². The summed E-state index contributed by atoms with van der Waals surface area (Å²) in [5.41, 5.74) is 2.94. The molecule has 0 amide bonds. The minimum atomic E-state index is -0.583. The molecule has 3 rings (SSSR count). The fraction of sp³-hybridized carbons (Fsp3) is 0.0769. The van der Waals surface area contributed by atoms with Crippen molar-refractivity contribution in [2.75, 3.05) is 0 Å². The zero-order valence-electron chi connectivity index (χ0n) is 16.6. The summed E-state index contributed by atoms with van der Waals surface area (Å²) in [6, 6.07) is 28.6. The van der Waals surface area contributed by atoms with Gasteiger partial charge in [0.15, 0.2) is 0 Å². The maximum Gasteiger partial charge on any atom is 0.331 e. The van der Waals surface area contributed by atoms with Gasteiger partial charge in [-0.2, -0.15) is 0 Å². The van der Waals surface area contributed by atoms with E-state index in [1.165, 1.54) is 5.56 Å². The van der Waals surface area contributed by atoms with Gasteiger partial charge in [-0.1, -0.05) is 104 Å². The van der Waals surface area contributed by atoms with Gasteiger partial charge in [0.2, 0.25) is 0 Å². The molecule has 0 aliphatic heterocycles. The zero-order valence-corrected chi connectivity index (χ0v) is 16.6. The highest BCUT2D eigenvalue weighted by Crippen LogP contribution is 2.02. The Bertz CT molecular complexity index is 875. The maximum atomic E-state index is 11.5. The van der Waals surface area contributed by atoms with Gasteiger partial charge in [-0.25, -0.2) is 9.59 Å². The molecule has 152 valence electrons. The summed E-state index contributed by atoms with van der Waals surface area (Å²) in [7, 11) is 0. The Balaban J connectivity index is 0.000000335. The van der Waals surface area contributed by atoms with E-state index in [0.717, 1.165) is 23.3 Å². The predicted molar refractivity (Wildman–Crippen MR) is 118 cm³/mol. The topological polar surface area (TPSA) is 52.6 Å². The van der Waals surface area contributed by atoms with Crippen molar-refractivity contribution in [3.05, 3.63) is 126 Å². The van der Waals surface area contributed by atoms with Gasteiger partial charge in [-0.3, -0.25) is 0 Å². The summed E-state index contributed by atoms with van der Waals surface area (Å²) in [4.78, 5) is 23.0. The summed E-state index contributed by atoms with van der Waals surface area (Å²) in [6.45, 7) is 3.97. The van der Waals surface area contributed by atoms with Crippen LogP contribution >= 0.6 is 0 Å². The lowest BCUT2D eigenvalue weighted by molar-refractivity contribution is -0.141. The second-order valence-electron chi connectivity index (χ2n) is 6.13. The van der Waals surface area contributed by atoms with Gasteiger partial charge in [0.25, 0.3) is 0 Å². The smallest absolute Gasteiger partial charge is 0.331 e.